The smallest absolute Gasteiger partial charge is 0.123 e. The van der Waals surface area contributed by atoms with Gasteiger partial charge in [0.05, 0.1) is 6.61 Å². The van der Waals surface area contributed by atoms with Crippen molar-refractivity contribution in [1.29, 1.82) is 0 Å². The molecular weight excluding hydrogens is 217 g/mol. The number of fused-ring (bicyclic) bond motifs is 2. The Morgan fingerprint density at radius 1 is 1.12 bits per heavy atom. The Morgan fingerprint density at radius 3 is 2.71 bits per heavy atom. The topological polar surface area (TPSA) is 21.3 Å². The molecule has 3 rings (SSSR count). The van der Waals surface area contributed by atoms with E-state index in [0.717, 1.165) is 18.4 Å². The zero-order chi connectivity index (χ0) is 11.7. The second-order valence-electron chi connectivity index (χ2n) is 5.15. The Kier molecular flexibility index (Phi) is 3.02. The summed E-state index contributed by atoms with van der Waals surface area (Å²) in [5, 5.41) is 3.65. The molecule has 2 bridgehead atoms. The van der Waals surface area contributed by atoms with Gasteiger partial charge < -0.3 is 10.1 Å². The first-order valence-electron chi connectivity index (χ1n) is 6.46. The zero-order valence-corrected chi connectivity index (χ0v) is 9.86. The van der Waals surface area contributed by atoms with E-state index in [1.54, 1.807) is 12.1 Å². The highest BCUT2D eigenvalue weighted by molar-refractivity contribution is 5.22. The Morgan fingerprint density at radius 2 is 1.88 bits per heavy atom. The van der Waals surface area contributed by atoms with Gasteiger partial charge in [-0.05, 0) is 49.9 Å². The summed E-state index contributed by atoms with van der Waals surface area (Å²) in [6, 6.07) is 7.67. The first kappa shape index (κ1) is 11.0. The van der Waals surface area contributed by atoms with Gasteiger partial charge in [0.2, 0.25) is 0 Å². The number of nitrogens with one attached hydrogen (secondary N) is 1. The minimum Gasteiger partial charge on any atom is -0.493 e. The van der Waals surface area contributed by atoms with Gasteiger partial charge >= 0.3 is 0 Å². The lowest BCUT2D eigenvalue weighted by Gasteiger charge is -2.30. The molecule has 92 valence electrons. The van der Waals surface area contributed by atoms with Crippen molar-refractivity contribution in [2.45, 2.75) is 37.8 Å². The van der Waals surface area contributed by atoms with Gasteiger partial charge in [-0.3, -0.25) is 0 Å². The fourth-order valence-electron chi connectivity index (χ4n) is 3.00. The molecule has 2 fully saturated rings. The number of hydrogen-bond acceptors (Lipinski definition) is 2. The van der Waals surface area contributed by atoms with E-state index in [4.69, 9.17) is 4.74 Å². The van der Waals surface area contributed by atoms with E-state index in [0.29, 0.717) is 12.0 Å². The molecular formula is C14H18FNO. The van der Waals surface area contributed by atoms with Crippen molar-refractivity contribution in [1.82, 2.24) is 5.32 Å². The molecule has 2 nitrogen and oxygen atoms in total. The molecule has 0 amide bonds. The largest absolute Gasteiger partial charge is 0.493 e. The summed E-state index contributed by atoms with van der Waals surface area (Å²) < 4.78 is 18.5. The van der Waals surface area contributed by atoms with Crippen LogP contribution in [0.25, 0.3) is 0 Å². The Hall–Kier alpha value is -1.09. The second-order valence-corrected chi connectivity index (χ2v) is 5.15. The summed E-state index contributed by atoms with van der Waals surface area (Å²) in [5.41, 5.74) is 0. The van der Waals surface area contributed by atoms with Crippen LogP contribution in [0.1, 0.15) is 25.7 Å². The van der Waals surface area contributed by atoms with Gasteiger partial charge in [-0.1, -0.05) is 0 Å². The van der Waals surface area contributed by atoms with Crippen molar-refractivity contribution >= 4 is 0 Å². The molecule has 0 aromatic heterocycles. The van der Waals surface area contributed by atoms with Crippen molar-refractivity contribution in [2.75, 3.05) is 6.61 Å². The molecule has 1 unspecified atom stereocenters. The van der Waals surface area contributed by atoms with Crippen LogP contribution in [0.3, 0.4) is 0 Å². The van der Waals surface area contributed by atoms with Crippen molar-refractivity contribution in [3.63, 3.8) is 0 Å². The number of rotatable bonds is 3. The summed E-state index contributed by atoms with van der Waals surface area (Å²) in [6.07, 6.45) is 5.12. The van der Waals surface area contributed by atoms with E-state index in [1.807, 2.05) is 0 Å². The molecule has 2 aliphatic rings. The maximum Gasteiger partial charge on any atom is 0.123 e. The quantitative estimate of drug-likeness (QED) is 0.869. The minimum atomic E-state index is -0.213. The third kappa shape index (κ3) is 2.44. The predicted octanol–water partition coefficient (Wildman–Crippen LogP) is 2.74. The normalized spacial score (nSPS) is 31.5. The summed E-state index contributed by atoms with van der Waals surface area (Å²) in [6.45, 7) is 0.746. The van der Waals surface area contributed by atoms with E-state index in [9.17, 15) is 4.39 Å². The molecule has 0 radical (unpaired) electrons. The van der Waals surface area contributed by atoms with E-state index >= 15 is 0 Å². The molecule has 1 N–H and O–H groups in total. The summed E-state index contributed by atoms with van der Waals surface area (Å²) in [5.74, 6) is 1.17. The van der Waals surface area contributed by atoms with Gasteiger partial charge in [-0.25, -0.2) is 4.39 Å². The Labute approximate surface area is 101 Å². The van der Waals surface area contributed by atoms with E-state index in [-0.39, 0.29) is 5.82 Å². The third-order valence-electron chi connectivity index (χ3n) is 4.01. The van der Waals surface area contributed by atoms with Crippen LogP contribution in [-0.4, -0.2) is 18.7 Å². The van der Waals surface area contributed by atoms with Crippen LogP contribution in [0.2, 0.25) is 0 Å². The van der Waals surface area contributed by atoms with Gasteiger partial charge in [-0.2, -0.15) is 0 Å². The lowest BCUT2D eigenvalue weighted by molar-refractivity contribution is 0.182. The van der Waals surface area contributed by atoms with Crippen molar-refractivity contribution in [3.05, 3.63) is 30.1 Å². The van der Waals surface area contributed by atoms with Crippen molar-refractivity contribution in [2.24, 2.45) is 5.92 Å². The standard InChI is InChI=1S/C14H18FNO/c15-11-2-6-13(7-3-11)17-9-10-1-4-12-5-8-14(10)16-12/h2-3,6-7,10,12,14,16H,1,4-5,8-9H2/t10-,12+,14?/m0/s1. The summed E-state index contributed by atoms with van der Waals surface area (Å²) in [7, 11) is 0. The molecule has 1 aromatic rings. The number of hydrogen-bond donors (Lipinski definition) is 1. The minimum absolute atomic E-state index is 0.213. The highest BCUT2D eigenvalue weighted by Crippen LogP contribution is 2.31. The van der Waals surface area contributed by atoms with E-state index in [2.05, 4.69) is 5.32 Å². The molecule has 2 aliphatic heterocycles. The van der Waals surface area contributed by atoms with Crippen LogP contribution < -0.4 is 10.1 Å². The highest BCUT2D eigenvalue weighted by atomic mass is 19.1. The fourth-order valence-corrected chi connectivity index (χ4v) is 3.00. The number of ether oxygens (including phenoxy) is 1. The average molecular weight is 235 g/mol. The van der Waals surface area contributed by atoms with Gasteiger partial charge in [0.25, 0.3) is 0 Å². The van der Waals surface area contributed by atoms with Gasteiger partial charge in [0.15, 0.2) is 0 Å². The molecule has 1 aromatic carbocycles. The Balaban J connectivity index is 1.55. The van der Waals surface area contributed by atoms with Gasteiger partial charge in [0, 0.05) is 18.0 Å². The monoisotopic (exact) mass is 235 g/mol. The third-order valence-corrected chi connectivity index (χ3v) is 4.01. The van der Waals surface area contributed by atoms with E-state index < -0.39 is 0 Å². The highest BCUT2D eigenvalue weighted by Gasteiger charge is 2.35. The summed E-state index contributed by atoms with van der Waals surface area (Å²) >= 11 is 0. The molecule has 3 atom stereocenters. The second kappa shape index (κ2) is 4.65. The fraction of sp³-hybridized carbons (Fsp3) is 0.571. The van der Waals surface area contributed by atoms with Crippen LogP contribution in [0.4, 0.5) is 4.39 Å². The maximum absolute atomic E-state index is 12.7. The van der Waals surface area contributed by atoms with E-state index in [1.165, 1.54) is 37.8 Å². The average Bonchev–Trinajstić information content (AvgIpc) is 2.73. The zero-order valence-electron chi connectivity index (χ0n) is 9.86. The van der Waals surface area contributed by atoms with Crippen molar-refractivity contribution in [3.8, 4) is 5.75 Å². The molecule has 0 saturated carbocycles. The molecule has 2 saturated heterocycles. The first-order chi connectivity index (χ1) is 8.31. The lowest BCUT2D eigenvalue weighted by atomic mass is 9.93. The van der Waals surface area contributed by atoms with Crippen LogP contribution >= 0.6 is 0 Å². The first-order valence-corrected chi connectivity index (χ1v) is 6.46. The van der Waals surface area contributed by atoms with Gasteiger partial charge in [0.1, 0.15) is 11.6 Å². The van der Waals surface area contributed by atoms with Crippen LogP contribution in [0.5, 0.6) is 5.75 Å². The number of halogens is 1. The van der Waals surface area contributed by atoms with Gasteiger partial charge in [-0.15, -0.1) is 0 Å². The van der Waals surface area contributed by atoms with Crippen LogP contribution in [-0.2, 0) is 0 Å². The predicted molar refractivity (Wildman–Crippen MR) is 64.6 cm³/mol. The number of benzene rings is 1. The van der Waals surface area contributed by atoms with Crippen LogP contribution in [0, 0.1) is 11.7 Å². The molecule has 0 aliphatic carbocycles. The molecule has 0 spiro atoms. The van der Waals surface area contributed by atoms with Crippen LogP contribution in [0.15, 0.2) is 24.3 Å². The maximum atomic E-state index is 12.7. The Bertz CT molecular complexity index is 378. The summed E-state index contributed by atoms with van der Waals surface area (Å²) in [4.78, 5) is 0. The number of piperidine rings is 1. The molecule has 17 heavy (non-hydrogen) atoms. The SMILES string of the molecule is Fc1ccc(OC[C@@H]2CC[C@@H]3CCC2N3)cc1. The lowest BCUT2D eigenvalue weighted by Crippen LogP contribution is -2.42. The molecule has 2 heterocycles. The van der Waals surface area contributed by atoms with Crippen molar-refractivity contribution < 1.29 is 9.13 Å². The molecule has 3 heteroatoms.